The standard InChI is InChI=1S/C12H13NO2/c1-8-4-5-11(14-3)10(6-8)12-13-7-9(2)15-12/h4-7H,1-3H3. The molecule has 15 heavy (non-hydrogen) atoms. The summed E-state index contributed by atoms with van der Waals surface area (Å²) in [7, 11) is 1.64. The van der Waals surface area contributed by atoms with Crippen molar-refractivity contribution in [3.05, 3.63) is 35.7 Å². The van der Waals surface area contributed by atoms with Crippen LogP contribution in [0.4, 0.5) is 0 Å². The second-order valence-electron chi connectivity index (χ2n) is 3.48. The molecule has 1 heterocycles. The lowest BCUT2D eigenvalue weighted by molar-refractivity contribution is 0.414. The Labute approximate surface area is 88.7 Å². The highest BCUT2D eigenvalue weighted by atomic mass is 16.5. The SMILES string of the molecule is COc1ccc(C)cc1-c1ncc(C)o1. The maximum absolute atomic E-state index is 5.48. The van der Waals surface area contributed by atoms with Gasteiger partial charge in [0.05, 0.1) is 18.9 Å². The van der Waals surface area contributed by atoms with Gasteiger partial charge in [-0.3, -0.25) is 0 Å². The Balaban J connectivity index is 2.55. The fraction of sp³-hybridized carbons (Fsp3) is 0.250. The number of rotatable bonds is 2. The fourth-order valence-corrected chi connectivity index (χ4v) is 1.47. The van der Waals surface area contributed by atoms with Gasteiger partial charge in [-0.25, -0.2) is 4.98 Å². The van der Waals surface area contributed by atoms with Crippen LogP contribution >= 0.6 is 0 Å². The molecule has 1 aromatic carbocycles. The van der Waals surface area contributed by atoms with Gasteiger partial charge in [-0.2, -0.15) is 0 Å². The van der Waals surface area contributed by atoms with E-state index in [1.54, 1.807) is 13.3 Å². The summed E-state index contributed by atoms with van der Waals surface area (Å²) in [6.45, 7) is 3.90. The van der Waals surface area contributed by atoms with Crippen LogP contribution in [0.3, 0.4) is 0 Å². The molecular weight excluding hydrogens is 190 g/mol. The lowest BCUT2D eigenvalue weighted by atomic mass is 10.1. The summed E-state index contributed by atoms with van der Waals surface area (Å²) >= 11 is 0. The van der Waals surface area contributed by atoms with E-state index in [4.69, 9.17) is 9.15 Å². The molecule has 0 aliphatic carbocycles. The third-order valence-electron chi connectivity index (χ3n) is 2.21. The largest absolute Gasteiger partial charge is 0.496 e. The third-order valence-corrected chi connectivity index (χ3v) is 2.21. The van der Waals surface area contributed by atoms with E-state index < -0.39 is 0 Å². The van der Waals surface area contributed by atoms with Gasteiger partial charge in [-0.05, 0) is 26.0 Å². The molecule has 0 saturated heterocycles. The first-order valence-electron chi connectivity index (χ1n) is 4.78. The lowest BCUT2D eigenvalue weighted by Gasteiger charge is -2.05. The van der Waals surface area contributed by atoms with E-state index in [9.17, 15) is 0 Å². The van der Waals surface area contributed by atoms with Crippen LogP contribution in [-0.2, 0) is 0 Å². The van der Waals surface area contributed by atoms with Crippen LogP contribution < -0.4 is 4.74 Å². The molecule has 0 aliphatic rings. The summed E-state index contributed by atoms with van der Waals surface area (Å²) in [5, 5.41) is 0. The Kier molecular flexibility index (Phi) is 2.46. The van der Waals surface area contributed by atoms with Crippen LogP contribution in [0.5, 0.6) is 5.75 Å². The summed E-state index contributed by atoms with van der Waals surface area (Å²) < 4.78 is 10.7. The van der Waals surface area contributed by atoms with E-state index in [1.807, 2.05) is 32.0 Å². The number of aromatic nitrogens is 1. The van der Waals surface area contributed by atoms with E-state index in [-0.39, 0.29) is 0 Å². The van der Waals surface area contributed by atoms with E-state index in [0.29, 0.717) is 5.89 Å². The van der Waals surface area contributed by atoms with Gasteiger partial charge in [0.2, 0.25) is 5.89 Å². The Morgan fingerprint density at radius 3 is 2.67 bits per heavy atom. The highest BCUT2D eigenvalue weighted by Crippen LogP contribution is 2.30. The lowest BCUT2D eigenvalue weighted by Crippen LogP contribution is -1.88. The minimum Gasteiger partial charge on any atom is -0.496 e. The molecule has 0 fully saturated rings. The molecule has 0 unspecified atom stereocenters. The minimum atomic E-state index is 0.605. The van der Waals surface area contributed by atoms with Crippen LogP contribution in [-0.4, -0.2) is 12.1 Å². The number of methoxy groups -OCH3 is 1. The van der Waals surface area contributed by atoms with Gasteiger partial charge in [0.15, 0.2) is 0 Å². The van der Waals surface area contributed by atoms with Crippen molar-refractivity contribution in [3.8, 4) is 17.2 Å². The summed E-state index contributed by atoms with van der Waals surface area (Å²) in [6, 6.07) is 5.92. The molecule has 2 rings (SSSR count). The monoisotopic (exact) mass is 203 g/mol. The molecule has 78 valence electrons. The molecule has 3 heteroatoms. The number of hydrogen-bond acceptors (Lipinski definition) is 3. The predicted octanol–water partition coefficient (Wildman–Crippen LogP) is 2.97. The first-order valence-corrected chi connectivity index (χ1v) is 4.78. The predicted molar refractivity (Wildman–Crippen MR) is 58.0 cm³/mol. The van der Waals surface area contributed by atoms with Crippen molar-refractivity contribution < 1.29 is 9.15 Å². The zero-order chi connectivity index (χ0) is 10.8. The molecule has 0 N–H and O–H groups in total. The molecule has 0 atom stereocenters. The average molecular weight is 203 g/mol. The number of ether oxygens (including phenoxy) is 1. The molecule has 3 nitrogen and oxygen atoms in total. The summed E-state index contributed by atoms with van der Waals surface area (Å²) in [4.78, 5) is 4.19. The van der Waals surface area contributed by atoms with Crippen molar-refractivity contribution in [2.45, 2.75) is 13.8 Å². The molecule has 0 spiro atoms. The maximum Gasteiger partial charge on any atom is 0.229 e. The Morgan fingerprint density at radius 2 is 2.07 bits per heavy atom. The molecule has 2 aromatic rings. The van der Waals surface area contributed by atoms with Gasteiger partial charge in [0, 0.05) is 0 Å². The van der Waals surface area contributed by atoms with Gasteiger partial charge in [0.25, 0.3) is 0 Å². The summed E-state index contributed by atoms with van der Waals surface area (Å²) in [5.41, 5.74) is 2.05. The normalized spacial score (nSPS) is 10.3. The topological polar surface area (TPSA) is 35.3 Å². The number of aryl methyl sites for hydroxylation is 2. The van der Waals surface area contributed by atoms with E-state index >= 15 is 0 Å². The fourth-order valence-electron chi connectivity index (χ4n) is 1.47. The van der Waals surface area contributed by atoms with Crippen molar-refractivity contribution in [1.29, 1.82) is 0 Å². The molecule has 0 aliphatic heterocycles. The molecule has 0 saturated carbocycles. The number of hydrogen-bond donors (Lipinski definition) is 0. The molecule has 0 amide bonds. The zero-order valence-corrected chi connectivity index (χ0v) is 9.07. The number of oxazole rings is 1. The Morgan fingerprint density at radius 1 is 1.27 bits per heavy atom. The minimum absolute atomic E-state index is 0.605. The van der Waals surface area contributed by atoms with Crippen molar-refractivity contribution in [2.24, 2.45) is 0 Å². The molecule has 0 radical (unpaired) electrons. The second-order valence-corrected chi connectivity index (χ2v) is 3.48. The first-order chi connectivity index (χ1) is 7.20. The number of benzene rings is 1. The van der Waals surface area contributed by atoms with Crippen molar-refractivity contribution in [2.75, 3.05) is 7.11 Å². The van der Waals surface area contributed by atoms with Gasteiger partial charge in [-0.15, -0.1) is 0 Å². The van der Waals surface area contributed by atoms with Crippen molar-refractivity contribution in [3.63, 3.8) is 0 Å². The third kappa shape index (κ3) is 1.86. The Hall–Kier alpha value is -1.77. The average Bonchev–Trinajstić information content (AvgIpc) is 2.65. The quantitative estimate of drug-likeness (QED) is 0.752. The van der Waals surface area contributed by atoms with E-state index in [1.165, 1.54) is 0 Å². The van der Waals surface area contributed by atoms with E-state index in [2.05, 4.69) is 4.98 Å². The highest BCUT2D eigenvalue weighted by Gasteiger charge is 2.10. The number of nitrogens with zero attached hydrogens (tertiary/aromatic N) is 1. The summed E-state index contributed by atoms with van der Waals surface area (Å²) in [5.74, 6) is 2.18. The first kappa shape index (κ1) is 9.77. The van der Waals surface area contributed by atoms with Crippen LogP contribution in [0.15, 0.2) is 28.8 Å². The van der Waals surface area contributed by atoms with Crippen molar-refractivity contribution in [1.82, 2.24) is 4.98 Å². The maximum atomic E-state index is 5.48. The van der Waals surface area contributed by atoms with Gasteiger partial charge < -0.3 is 9.15 Å². The second kappa shape index (κ2) is 3.77. The van der Waals surface area contributed by atoms with Crippen LogP contribution in [0.1, 0.15) is 11.3 Å². The smallest absolute Gasteiger partial charge is 0.229 e. The van der Waals surface area contributed by atoms with Gasteiger partial charge in [-0.1, -0.05) is 11.6 Å². The van der Waals surface area contributed by atoms with Gasteiger partial charge >= 0.3 is 0 Å². The van der Waals surface area contributed by atoms with Crippen molar-refractivity contribution >= 4 is 0 Å². The molecule has 0 bridgehead atoms. The van der Waals surface area contributed by atoms with E-state index in [0.717, 1.165) is 22.6 Å². The zero-order valence-electron chi connectivity index (χ0n) is 9.07. The highest BCUT2D eigenvalue weighted by molar-refractivity contribution is 5.63. The molecule has 1 aromatic heterocycles. The van der Waals surface area contributed by atoms with Crippen LogP contribution in [0.2, 0.25) is 0 Å². The Bertz CT molecular complexity index is 474. The van der Waals surface area contributed by atoms with Crippen LogP contribution in [0, 0.1) is 13.8 Å². The molecular formula is C12H13NO2. The van der Waals surface area contributed by atoms with Gasteiger partial charge in [0.1, 0.15) is 11.5 Å². The van der Waals surface area contributed by atoms with Crippen LogP contribution in [0.25, 0.3) is 11.5 Å². The summed E-state index contributed by atoms with van der Waals surface area (Å²) in [6.07, 6.45) is 1.71.